The number of hydrogen-bond donors (Lipinski definition) is 1. The van der Waals surface area contributed by atoms with Gasteiger partial charge < -0.3 is 9.84 Å². The third-order valence-corrected chi connectivity index (χ3v) is 11.0. The molecule has 4 aliphatic rings. The van der Waals surface area contributed by atoms with E-state index in [0.717, 1.165) is 42.9 Å². The first-order valence-corrected chi connectivity index (χ1v) is 12.9. The lowest BCUT2D eigenvalue weighted by atomic mass is 9.46. The zero-order chi connectivity index (χ0) is 22.7. The first-order chi connectivity index (χ1) is 14.5. The van der Waals surface area contributed by atoms with Crippen LogP contribution < -0.4 is 0 Å². The molecule has 3 saturated carbocycles. The van der Waals surface area contributed by atoms with Gasteiger partial charge in [0.2, 0.25) is 0 Å². The summed E-state index contributed by atoms with van der Waals surface area (Å²) in [5.41, 5.74) is 1.63. The lowest BCUT2D eigenvalue weighted by Gasteiger charge is -2.59. The highest BCUT2D eigenvalue weighted by molar-refractivity contribution is 5.27. The quantitative estimate of drug-likeness (QED) is 0.388. The summed E-state index contributed by atoms with van der Waals surface area (Å²) >= 11 is 0. The van der Waals surface area contributed by atoms with Crippen molar-refractivity contribution in [3.63, 3.8) is 0 Å². The van der Waals surface area contributed by atoms with Crippen LogP contribution in [0.2, 0.25) is 0 Å². The van der Waals surface area contributed by atoms with Crippen molar-refractivity contribution >= 4 is 0 Å². The van der Waals surface area contributed by atoms with Crippen LogP contribution in [0.25, 0.3) is 0 Å². The molecule has 3 fully saturated rings. The second-order valence-corrected chi connectivity index (χ2v) is 12.8. The van der Waals surface area contributed by atoms with Crippen LogP contribution in [0.15, 0.2) is 11.6 Å². The van der Waals surface area contributed by atoms with Crippen molar-refractivity contribution in [2.45, 2.75) is 110 Å². The van der Waals surface area contributed by atoms with E-state index in [1.54, 1.807) is 12.5 Å². The third-order valence-electron chi connectivity index (χ3n) is 11.0. The van der Waals surface area contributed by atoms with E-state index in [4.69, 9.17) is 11.2 Å². The van der Waals surface area contributed by atoms with Crippen LogP contribution >= 0.6 is 0 Å². The Balaban J connectivity index is 1.51. The number of methoxy groups -OCH3 is 1. The number of fused-ring (bicyclic) bond motifs is 5. The van der Waals surface area contributed by atoms with Crippen molar-refractivity contribution in [3.05, 3.63) is 11.6 Å². The molecule has 0 aromatic heterocycles. The highest BCUT2D eigenvalue weighted by Crippen LogP contribution is 2.67. The van der Waals surface area contributed by atoms with Gasteiger partial charge in [0.25, 0.3) is 0 Å². The van der Waals surface area contributed by atoms with Crippen molar-refractivity contribution in [3.8, 4) is 12.3 Å². The smallest absolute Gasteiger partial charge is 0.122 e. The standard InChI is InChI=1S/C29H46O2/c1-8-26(3,30)15-13-20(2)23-11-12-24-22-10-9-21-19-27(4,31-7)17-18-28(21,5)25(22)14-16-29(23,24)6/h1,9,20,22-25,30H,10-19H2,2-7H3. The summed E-state index contributed by atoms with van der Waals surface area (Å²) in [6.07, 6.45) is 20.3. The van der Waals surface area contributed by atoms with Crippen LogP contribution in [0.4, 0.5) is 0 Å². The fraction of sp³-hybridized carbons (Fsp3) is 0.862. The van der Waals surface area contributed by atoms with E-state index in [1.165, 1.54) is 44.9 Å². The Bertz CT molecular complexity index is 759. The fourth-order valence-electron chi connectivity index (χ4n) is 8.72. The molecule has 2 nitrogen and oxygen atoms in total. The van der Waals surface area contributed by atoms with Gasteiger partial charge in [-0.25, -0.2) is 0 Å². The summed E-state index contributed by atoms with van der Waals surface area (Å²) in [4.78, 5) is 0. The number of rotatable bonds is 5. The Morgan fingerprint density at radius 2 is 1.94 bits per heavy atom. The highest BCUT2D eigenvalue weighted by atomic mass is 16.5. The summed E-state index contributed by atoms with van der Waals surface area (Å²) in [5, 5.41) is 10.3. The number of terminal acetylenes is 1. The Morgan fingerprint density at radius 3 is 2.61 bits per heavy atom. The van der Waals surface area contributed by atoms with E-state index < -0.39 is 5.60 Å². The van der Waals surface area contributed by atoms with Gasteiger partial charge in [-0.05, 0) is 118 Å². The molecule has 174 valence electrons. The molecule has 0 heterocycles. The Hall–Kier alpha value is -0.780. The average molecular weight is 427 g/mol. The normalized spacial score (nSPS) is 47.2. The monoisotopic (exact) mass is 426 g/mol. The fourth-order valence-corrected chi connectivity index (χ4v) is 8.72. The van der Waals surface area contributed by atoms with Gasteiger partial charge >= 0.3 is 0 Å². The average Bonchev–Trinajstić information content (AvgIpc) is 3.10. The van der Waals surface area contributed by atoms with Crippen molar-refractivity contribution in [2.24, 2.45) is 40.4 Å². The summed E-state index contributed by atoms with van der Waals surface area (Å²) in [6.45, 7) is 11.7. The van der Waals surface area contributed by atoms with E-state index in [2.05, 4.69) is 39.7 Å². The first kappa shape index (κ1) is 23.4. The van der Waals surface area contributed by atoms with Crippen molar-refractivity contribution in [1.29, 1.82) is 0 Å². The number of ether oxygens (including phenoxy) is 1. The molecular weight excluding hydrogens is 380 g/mol. The molecule has 0 spiro atoms. The van der Waals surface area contributed by atoms with Crippen molar-refractivity contribution in [1.82, 2.24) is 0 Å². The molecule has 1 N–H and O–H groups in total. The van der Waals surface area contributed by atoms with Gasteiger partial charge in [0, 0.05) is 7.11 Å². The van der Waals surface area contributed by atoms with E-state index in [-0.39, 0.29) is 5.60 Å². The maximum atomic E-state index is 10.3. The molecule has 0 radical (unpaired) electrons. The predicted molar refractivity (Wildman–Crippen MR) is 128 cm³/mol. The molecular formula is C29H46O2. The predicted octanol–water partition coefficient (Wildman–Crippen LogP) is 6.77. The van der Waals surface area contributed by atoms with E-state index >= 15 is 0 Å². The first-order valence-electron chi connectivity index (χ1n) is 12.9. The summed E-state index contributed by atoms with van der Waals surface area (Å²) < 4.78 is 5.92. The summed E-state index contributed by atoms with van der Waals surface area (Å²) in [6, 6.07) is 0. The minimum Gasteiger partial charge on any atom is -0.378 e. The third kappa shape index (κ3) is 3.83. The van der Waals surface area contributed by atoms with E-state index in [1.807, 2.05) is 7.11 Å². The maximum Gasteiger partial charge on any atom is 0.122 e. The molecule has 0 bridgehead atoms. The SMILES string of the molecule is C#CC(C)(O)CCC(C)C1CCC2C3CC=C4CC(C)(OC)CCC4(C)C3CCC12C. The molecule has 9 unspecified atom stereocenters. The Kier molecular flexibility index (Phi) is 5.97. The van der Waals surface area contributed by atoms with Crippen LogP contribution in [0.1, 0.15) is 98.8 Å². The van der Waals surface area contributed by atoms with Gasteiger partial charge in [-0.1, -0.05) is 38.3 Å². The van der Waals surface area contributed by atoms with Crippen LogP contribution in [0, 0.1) is 52.8 Å². The van der Waals surface area contributed by atoms with Crippen LogP contribution in [-0.4, -0.2) is 23.4 Å². The highest BCUT2D eigenvalue weighted by Gasteiger charge is 2.59. The van der Waals surface area contributed by atoms with Gasteiger partial charge in [-0.2, -0.15) is 0 Å². The summed E-state index contributed by atoms with van der Waals surface area (Å²) in [7, 11) is 1.89. The number of aliphatic hydroxyl groups is 1. The van der Waals surface area contributed by atoms with Crippen molar-refractivity contribution in [2.75, 3.05) is 7.11 Å². The molecule has 0 saturated heterocycles. The Morgan fingerprint density at radius 1 is 1.19 bits per heavy atom. The molecule has 0 aromatic rings. The van der Waals surface area contributed by atoms with Gasteiger partial charge in [0.1, 0.15) is 5.60 Å². The molecule has 2 heteroatoms. The minimum absolute atomic E-state index is 0.0365. The summed E-state index contributed by atoms with van der Waals surface area (Å²) in [5.74, 6) is 6.54. The zero-order valence-electron chi connectivity index (χ0n) is 21.0. The van der Waals surface area contributed by atoms with Crippen LogP contribution in [0.5, 0.6) is 0 Å². The molecule has 9 atom stereocenters. The molecule has 4 aliphatic carbocycles. The molecule has 0 aliphatic heterocycles. The van der Waals surface area contributed by atoms with E-state index in [9.17, 15) is 5.11 Å². The topological polar surface area (TPSA) is 29.5 Å². The molecule has 4 rings (SSSR count). The Labute approximate surface area is 191 Å². The molecule has 0 amide bonds. The lowest BCUT2D eigenvalue weighted by Crippen LogP contribution is -2.52. The second kappa shape index (κ2) is 7.92. The van der Waals surface area contributed by atoms with E-state index in [0.29, 0.717) is 16.7 Å². The van der Waals surface area contributed by atoms with Gasteiger partial charge in [0.05, 0.1) is 5.60 Å². The number of allylic oxidation sites excluding steroid dienone is 1. The second-order valence-electron chi connectivity index (χ2n) is 12.8. The molecule has 0 aromatic carbocycles. The zero-order valence-corrected chi connectivity index (χ0v) is 21.0. The van der Waals surface area contributed by atoms with Crippen molar-refractivity contribution < 1.29 is 9.84 Å². The van der Waals surface area contributed by atoms with Gasteiger partial charge in [0.15, 0.2) is 0 Å². The maximum absolute atomic E-state index is 10.3. The van der Waals surface area contributed by atoms with Gasteiger partial charge in [-0.15, -0.1) is 6.42 Å². The number of hydrogen-bond acceptors (Lipinski definition) is 2. The van der Waals surface area contributed by atoms with Crippen LogP contribution in [0.3, 0.4) is 0 Å². The van der Waals surface area contributed by atoms with Gasteiger partial charge in [-0.3, -0.25) is 0 Å². The van der Waals surface area contributed by atoms with Crippen LogP contribution in [-0.2, 0) is 4.74 Å². The minimum atomic E-state index is -0.957. The largest absolute Gasteiger partial charge is 0.378 e. The molecule has 31 heavy (non-hydrogen) atoms. The lowest BCUT2D eigenvalue weighted by molar-refractivity contribution is -0.0809.